The maximum absolute atomic E-state index is 9.52. The zero-order chi connectivity index (χ0) is 15.4. The van der Waals surface area contributed by atoms with Crippen molar-refractivity contribution >= 4 is 10.8 Å². The zero-order valence-corrected chi connectivity index (χ0v) is 13.0. The predicted octanol–water partition coefficient (Wildman–Crippen LogP) is 5.34. The van der Waals surface area contributed by atoms with Gasteiger partial charge in [0.25, 0.3) is 0 Å². The maximum atomic E-state index is 9.52. The van der Waals surface area contributed by atoms with E-state index in [0.29, 0.717) is 0 Å². The molecule has 0 spiro atoms. The van der Waals surface area contributed by atoms with Crippen LogP contribution >= 0.6 is 0 Å². The number of rotatable bonds is 5. The number of unbranched alkanes of at least 4 members (excludes halogenated alkanes) is 1. The molecule has 1 N–H and O–H groups in total. The molecule has 3 aromatic carbocycles. The molecule has 22 heavy (non-hydrogen) atoms. The van der Waals surface area contributed by atoms with Crippen molar-refractivity contribution in [3.8, 4) is 11.1 Å². The highest BCUT2D eigenvalue weighted by Gasteiger charge is 2.06. The first kappa shape index (κ1) is 14.8. The van der Waals surface area contributed by atoms with Crippen molar-refractivity contribution < 1.29 is 5.11 Å². The lowest BCUT2D eigenvalue weighted by Gasteiger charge is -2.10. The number of aliphatic hydroxyl groups is 1. The fourth-order valence-corrected chi connectivity index (χ4v) is 3.00. The van der Waals surface area contributed by atoms with E-state index in [1.807, 2.05) is 12.1 Å². The molecule has 0 aliphatic carbocycles. The molecule has 112 valence electrons. The van der Waals surface area contributed by atoms with Gasteiger partial charge in [0.2, 0.25) is 0 Å². The Labute approximate surface area is 132 Å². The predicted molar refractivity (Wildman–Crippen MR) is 93.9 cm³/mol. The van der Waals surface area contributed by atoms with Crippen molar-refractivity contribution in [2.75, 3.05) is 0 Å². The summed E-state index contributed by atoms with van der Waals surface area (Å²) in [6, 6.07) is 21.4. The average Bonchev–Trinajstić information content (AvgIpc) is 2.59. The van der Waals surface area contributed by atoms with Crippen molar-refractivity contribution in [1.82, 2.24) is 0 Å². The summed E-state index contributed by atoms with van der Waals surface area (Å²) in [7, 11) is 0. The van der Waals surface area contributed by atoms with E-state index in [4.69, 9.17) is 0 Å². The summed E-state index contributed by atoms with van der Waals surface area (Å²) in [5.74, 6) is 0. The van der Waals surface area contributed by atoms with Gasteiger partial charge in [-0.25, -0.2) is 0 Å². The SMILES string of the molecule is CCCCc1ccc(-c2cccc3c(CO)cccc23)cc1. The first-order valence-electron chi connectivity index (χ1n) is 8.04. The Bertz CT molecular complexity index is 756. The molecule has 0 bridgehead atoms. The highest BCUT2D eigenvalue weighted by atomic mass is 16.3. The molecule has 0 saturated heterocycles. The topological polar surface area (TPSA) is 20.2 Å². The third-order valence-electron chi connectivity index (χ3n) is 4.27. The number of hydrogen-bond donors (Lipinski definition) is 1. The van der Waals surface area contributed by atoms with Crippen LogP contribution in [0.4, 0.5) is 0 Å². The fourth-order valence-electron chi connectivity index (χ4n) is 3.00. The Balaban J connectivity index is 2.03. The van der Waals surface area contributed by atoms with Crippen LogP contribution < -0.4 is 0 Å². The number of hydrogen-bond acceptors (Lipinski definition) is 1. The van der Waals surface area contributed by atoms with Crippen LogP contribution in [0.1, 0.15) is 30.9 Å². The molecule has 3 rings (SSSR count). The standard InChI is InChI=1S/C21H22O/c1-2-3-6-16-11-13-17(14-12-16)19-8-5-9-20-18(15-22)7-4-10-21(19)20/h4-5,7-14,22H,2-3,6,15H2,1H3. The second-order valence-corrected chi connectivity index (χ2v) is 5.78. The van der Waals surface area contributed by atoms with Gasteiger partial charge in [-0.05, 0) is 45.9 Å². The minimum Gasteiger partial charge on any atom is -0.392 e. The molecule has 0 aliphatic heterocycles. The molecule has 0 radical (unpaired) electrons. The Kier molecular flexibility index (Phi) is 4.55. The van der Waals surface area contributed by atoms with Gasteiger partial charge in [-0.15, -0.1) is 0 Å². The van der Waals surface area contributed by atoms with Crippen LogP contribution in [0.5, 0.6) is 0 Å². The van der Waals surface area contributed by atoms with Gasteiger partial charge in [0, 0.05) is 0 Å². The van der Waals surface area contributed by atoms with Crippen LogP contribution in [0.25, 0.3) is 21.9 Å². The molecule has 0 heterocycles. The Morgan fingerprint density at radius 3 is 2.27 bits per heavy atom. The van der Waals surface area contributed by atoms with Gasteiger partial charge in [0.1, 0.15) is 0 Å². The number of fused-ring (bicyclic) bond motifs is 1. The summed E-state index contributed by atoms with van der Waals surface area (Å²) < 4.78 is 0. The van der Waals surface area contributed by atoms with Gasteiger partial charge in [-0.3, -0.25) is 0 Å². The zero-order valence-electron chi connectivity index (χ0n) is 13.0. The van der Waals surface area contributed by atoms with Crippen LogP contribution in [0.2, 0.25) is 0 Å². The van der Waals surface area contributed by atoms with E-state index in [0.717, 1.165) is 17.4 Å². The van der Waals surface area contributed by atoms with Gasteiger partial charge < -0.3 is 5.11 Å². The molecule has 0 amide bonds. The summed E-state index contributed by atoms with van der Waals surface area (Å²) in [4.78, 5) is 0. The van der Waals surface area contributed by atoms with Crippen LogP contribution in [-0.2, 0) is 13.0 Å². The van der Waals surface area contributed by atoms with Gasteiger partial charge in [-0.2, -0.15) is 0 Å². The first-order valence-corrected chi connectivity index (χ1v) is 8.04. The Morgan fingerprint density at radius 1 is 0.818 bits per heavy atom. The van der Waals surface area contributed by atoms with E-state index in [1.165, 1.54) is 34.9 Å². The van der Waals surface area contributed by atoms with Crippen LogP contribution in [0.3, 0.4) is 0 Å². The minimum atomic E-state index is 0.0801. The molecule has 3 aromatic rings. The first-order chi connectivity index (χ1) is 10.8. The fraction of sp³-hybridized carbons (Fsp3) is 0.238. The number of benzene rings is 3. The lowest BCUT2D eigenvalue weighted by Crippen LogP contribution is -1.89. The molecule has 0 atom stereocenters. The lowest BCUT2D eigenvalue weighted by atomic mass is 9.95. The van der Waals surface area contributed by atoms with E-state index >= 15 is 0 Å². The summed E-state index contributed by atoms with van der Waals surface area (Å²) >= 11 is 0. The largest absolute Gasteiger partial charge is 0.392 e. The second kappa shape index (κ2) is 6.76. The lowest BCUT2D eigenvalue weighted by molar-refractivity contribution is 0.283. The van der Waals surface area contributed by atoms with Crippen molar-refractivity contribution in [2.24, 2.45) is 0 Å². The van der Waals surface area contributed by atoms with E-state index in [9.17, 15) is 5.11 Å². The monoisotopic (exact) mass is 290 g/mol. The molecule has 0 aliphatic rings. The molecular weight excluding hydrogens is 268 g/mol. The smallest absolute Gasteiger partial charge is 0.0687 e. The third-order valence-corrected chi connectivity index (χ3v) is 4.27. The minimum absolute atomic E-state index is 0.0801. The summed E-state index contributed by atoms with van der Waals surface area (Å²) in [5, 5.41) is 11.9. The Hall–Kier alpha value is -2.12. The maximum Gasteiger partial charge on any atom is 0.0687 e. The number of aliphatic hydroxyl groups excluding tert-OH is 1. The van der Waals surface area contributed by atoms with Crippen molar-refractivity contribution in [2.45, 2.75) is 32.8 Å². The van der Waals surface area contributed by atoms with Gasteiger partial charge in [0.15, 0.2) is 0 Å². The molecule has 0 aromatic heterocycles. The van der Waals surface area contributed by atoms with Gasteiger partial charge >= 0.3 is 0 Å². The van der Waals surface area contributed by atoms with Crippen LogP contribution in [0, 0.1) is 0 Å². The highest BCUT2D eigenvalue weighted by Crippen LogP contribution is 2.30. The second-order valence-electron chi connectivity index (χ2n) is 5.78. The molecule has 1 heteroatoms. The summed E-state index contributed by atoms with van der Waals surface area (Å²) in [6.45, 7) is 2.31. The number of aryl methyl sites for hydroxylation is 1. The van der Waals surface area contributed by atoms with E-state index in [-0.39, 0.29) is 6.61 Å². The molecular formula is C21H22O. The van der Waals surface area contributed by atoms with Crippen molar-refractivity contribution in [3.63, 3.8) is 0 Å². The third kappa shape index (κ3) is 2.90. The average molecular weight is 290 g/mol. The Morgan fingerprint density at radius 2 is 1.55 bits per heavy atom. The van der Waals surface area contributed by atoms with E-state index < -0.39 is 0 Å². The quantitative estimate of drug-likeness (QED) is 0.672. The molecule has 0 unspecified atom stereocenters. The molecule has 0 saturated carbocycles. The van der Waals surface area contributed by atoms with E-state index in [2.05, 4.69) is 55.5 Å². The van der Waals surface area contributed by atoms with Crippen LogP contribution in [0.15, 0.2) is 60.7 Å². The summed E-state index contributed by atoms with van der Waals surface area (Å²) in [6.07, 6.45) is 3.63. The van der Waals surface area contributed by atoms with Gasteiger partial charge in [-0.1, -0.05) is 74.0 Å². The van der Waals surface area contributed by atoms with E-state index in [1.54, 1.807) is 0 Å². The van der Waals surface area contributed by atoms with Gasteiger partial charge in [0.05, 0.1) is 6.61 Å². The van der Waals surface area contributed by atoms with Crippen molar-refractivity contribution in [1.29, 1.82) is 0 Å². The molecule has 1 nitrogen and oxygen atoms in total. The summed E-state index contributed by atoms with van der Waals surface area (Å²) in [5.41, 5.74) is 4.86. The van der Waals surface area contributed by atoms with Crippen molar-refractivity contribution in [3.05, 3.63) is 71.8 Å². The normalized spacial score (nSPS) is 11.0. The molecule has 0 fully saturated rings. The highest BCUT2D eigenvalue weighted by molar-refractivity contribution is 5.98. The van der Waals surface area contributed by atoms with Crippen LogP contribution in [-0.4, -0.2) is 5.11 Å².